The molecular formula is C24H28ClN3O3. The molecule has 0 radical (unpaired) electrons. The zero-order valence-corrected chi connectivity index (χ0v) is 18.9. The molecule has 1 aromatic heterocycles. The summed E-state index contributed by atoms with van der Waals surface area (Å²) in [6, 6.07) is 12.6. The highest BCUT2D eigenvalue weighted by molar-refractivity contribution is 6.30. The van der Waals surface area contributed by atoms with Crippen LogP contribution in [0.15, 0.2) is 47.3 Å². The van der Waals surface area contributed by atoms with Gasteiger partial charge in [-0.3, -0.25) is 4.79 Å². The minimum atomic E-state index is -0.279. The fourth-order valence-electron chi connectivity index (χ4n) is 3.55. The molecule has 164 valence electrons. The number of fused-ring (bicyclic) bond motifs is 1. The first kappa shape index (κ1) is 22.8. The Morgan fingerprint density at radius 2 is 1.90 bits per heavy atom. The predicted octanol–water partition coefficient (Wildman–Crippen LogP) is 5.26. The summed E-state index contributed by atoms with van der Waals surface area (Å²) in [6.07, 6.45) is 0.672. The van der Waals surface area contributed by atoms with Crippen molar-refractivity contribution in [1.82, 2.24) is 9.88 Å². The number of hydrogen-bond acceptors (Lipinski definition) is 3. The Morgan fingerprint density at radius 1 is 1.16 bits per heavy atom. The summed E-state index contributed by atoms with van der Waals surface area (Å²) in [5.41, 5.74) is 3.97. The molecule has 0 atom stereocenters. The number of anilines is 1. The molecule has 2 N–H and O–H groups in total. The molecule has 0 spiro atoms. The van der Waals surface area contributed by atoms with Crippen molar-refractivity contribution >= 4 is 34.2 Å². The summed E-state index contributed by atoms with van der Waals surface area (Å²) < 4.78 is 5.41. The lowest BCUT2D eigenvalue weighted by Crippen LogP contribution is -2.37. The number of H-pyrrole nitrogens is 1. The number of carbonyl (C=O) groups excluding carboxylic acids is 1. The van der Waals surface area contributed by atoms with Crippen LogP contribution >= 0.6 is 11.6 Å². The quantitative estimate of drug-likeness (QED) is 0.468. The summed E-state index contributed by atoms with van der Waals surface area (Å²) in [7, 11) is 0. The molecule has 0 aliphatic heterocycles. The number of hydrogen-bond donors (Lipinski definition) is 2. The smallest absolute Gasteiger partial charge is 0.322 e. The van der Waals surface area contributed by atoms with Gasteiger partial charge in [-0.15, -0.1) is 0 Å². The number of aromatic nitrogens is 1. The molecule has 6 nitrogen and oxygen atoms in total. The van der Waals surface area contributed by atoms with E-state index in [9.17, 15) is 9.59 Å². The molecule has 0 saturated heterocycles. The first-order valence-corrected chi connectivity index (χ1v) is 10.8. The fourth-order valence-corrected chi connectivity index (χ4v) is 3.67. The van der Waals surface area contributed by atoms with E-state index in [1.807, 2.05) is 39.0 Å². The molecule has 2 aromatic carbocycles. The first-order chi connectivity index (χ1) is 14.9. The van der Waals surface area contributed by atoms with Gasteiger partial charge >= 0.3 is 6.03 Å². The number of halogens is 1. The number of urea groups is 1. The third-order valence-corrected chi connectivity index (χ3v) is 5.29. The standard InChI is InChI=1S/C24H28ClN3O3/c1-4-31-11-5-10-28(24(30)26-21-8-6-20(25)7-9-21)15-19-14-18-13-16(2)12-17(3)22(18)27-23(19)29/h6-9,12-14H,4-5,10-11,15H2,1-3H3,(H,26,30)(H,27,29). The van der Waals surface area contributed by atoms with Gasteiger partial charge in [0.05, 0.1) is 12.1 Å². The molecular weight excluding hydrogens is 414 g/mol. The van der Waals surface area contributed by atoms with Crippen molar-refractivity contribution < 1.29 is 9.53 Å². The lowest BCUT2D eigenvalue weighted by atomic mass is 10.1. The van der Waals surface area contributed by atoms with Crippen LogP contribution in [0, 0.1) is 13.8 Å². The Balaban J connectivity index is 1.84. The van der Waals surface area contributed by atoms with Gasteiger partial charge in [-0.05, 0) is 74.5 Å². The minimum absolute atomic E-state index is 0.187. The van der Waals surface area contributed by atoms with Gasteiger partial charge in [0.25, 0.3) is 5.56 Å². The van der Waals surface area contributed by atoms with Crippen molar-refractivity contribution in [2.24, 2.45) is 0 Å². The van der Waals surface area contributed by atoms with Gasteiger partial charge in [0.1, 0.15) is 0 Å². The maximum Gasteiger partial charge on any atom is 0.322 e. The van der Waals surface area contributed by atoms with E-state index in [2.05, 4.69) is 10.3 Å². The number of aryl methyl sites for hydroxylation is 2. The number of nitrogens with one attached hydrogen (secondary N) is 2. The fraction of sp³-hybridized carbons (Fsp3) is 0.333. The first-order valence-electron chi connectivity index (χ1n) is 10.4. The molecule has 0 aliphatic rings. The topological polar surface area (TPSA) is 74.4 Å². The van der Waals surface area contributed by atoms with E-state index < -0.39 is 0 Å². The van der Waals surface area contributed by atoms with Crippen LogP contribution in [0.5, 0.6) is 0 Å². The second-order valence-electron chi connectivity index (χ2n) is 7.58. The second-order valence-corrected chi connectivity index (χ2v) is 8.02. The van der Waals surface area contributed by atoms with E-state index in [1.165, 1.54) is 0 Å². The Labute approximate surface area is 187 Å². The third-order valence-electron chi connectivity index (χ3n) is 5.04. The highest BCUT2D eigenvalue weighted by atomic mass is 35.5. The molecule has 3 aromatic rings. The number of nitrogens with zero attached hydrogens (tertiary/aromatic N) is 1. The van der Waals surface area contributed by atoms with Crippen molar-refractivity contribution in [3.8, 4) is 0 Å². The molecule has 0 aliphatic carbocycles. The van der Waals surface area contributed by atoms with Crippen LogP contribution in [-0.4, -0.2) is 35.7 Å². The number of benzene rings is 2. The van der Waals surface area contributed by atoms with Gasteiger partial charge in [-0.25, -0.2) is 4.79 Å². The third kappa shape index (κ3) is 6.09. The zero-order valence-electron chi connectivity index (χ0n) is 18.1. The largest absolute Gasteiger partial charge is 0.382 e. The normalized spacial score (nSPS) is 11.0. The van der Waals surface area contributed by atoms with Crippen molar-refractivity contribution in [1.29, 1.82) is 0 Å². The molecule has 2 amide bonds. The number of ether oxygens (including phenoxy) is 1. The van der Waals surface area contributed by atoms with Gasteiger partial charge in [0.2, 0.25) is 0 Å². The van der Waals surface area contributed by atoms with Crippen molar-refractivity contribution in [2.45, 2.75) is 33.7 Å². The summed E-state index contributed by atoms with van der Waals surface area (Å²) in [4.78, 5) is 30.3. The number of pyridine rings is 1. The van der Waals surface area contributed by atoms with Crippen LogP contribution in [0.4, 0.5) is 10.5 Å². The van der Waals surface area contributed by atoms with Gasteiger partial charge in [0, 0.05) is 36.0 Å². The SMILES string of the molecule is CCOCCCN(Cc1cc2cc(C)cc(C)c2[nH]c1=O)C(=O)Nc1ccc(Cl)cc1. The van der Waals surface area contributed by atoms with Gasteiger partial charge < -0.3 is 19.9 Å². The molecule has 3 rings (SSSR count). The average Bonchev–Trinajstić information content (AvgIpc) is 2.73. The van der Waals surface area contributed by atoms with E-state index in [1.54, 1.807) is 29.2 Å². The van der Waals surface area contributed by atoms with Crippen LogP contribution in [0.3, 0.4) is 0 Å². The highest BCUT2D eigenvalue weighted by Crippen LogP contribution is 2.19. The zero-order chi connectivity index (χ0) is 22.4. The molecule has 7 heteroatoms. The summed E-state index contributed by atoms with van der Waals surface area (Å²) in [6.45, 7) is 7.77. The van der Waals surface area contributed by atoms with Crippen molar-refractivity contribution in [3.63, 3.8) is 0 Å². The molecule has 0 saturated carbocycles. The lowest BCUT2D eigenvalue weighted by Gasteiger charge is -2.23. The number of carbonyl (C=O) groups is 1. The Kier molecular flexibility index (Phi) is 7.71. The second kappa shape index (κ2) is 10.5. The van der Waals surface area contributed by atoms with Crippen LogP contribution in [-0.2, 0) is 11.3 Å². The maximum atomic E-state index is 13.0. The molecule has 1 heterocycles. The molecule has 0 fully saturated rings. The van der Waals surface area contributed by atoms with Crippen LogP contribution in [0.25, 0.3) is 10.9 Å². The van der Waals surface area contributed by atoms with Crippen LogP contribution < -0.4 is 10.9 Å². The number of amides is 2. The highest BCUT2D eigenvalue weighted by Gasteiger charge is 2.17. The lowest BCUT2D eigenvalue weighted by molar-refractivity contribution is 0.134. The number of rotatable bonds is 8. The Hall–Kier alpha value is -2.83. The van der Waals surface area contributed by atoms with Crippen LogP contribution in [0.2, 0.25) is 5.02 Å². The summed E-state index contributed by atoms with van der Waals surface area (Å²) in [5, 5.41) is 4.44. The van der Waals surface area contributed by atoms with Crippen molar-refractivity contribution in [2.75, 3.05) is 25.1 Å². The molecule has 0 unspecified atom stereocenters. The average molecular weight is 442 g/mol. The van der Waals surface area contributed by atoms with Crippen molar-refractivity contribution in [3.05, 3.63) is 74.5 Å². The maximum absolute atomic E-state index is 13.0. The monoisotopic (exact) mass is 441 g/mol. The van der Waals surface area contributed by atoms with Gasteiger partial charge in [-0.2, -0.15) is 0 Å². The molecule has 31 heavy (non-hydrogen) atoms. The van der Waals surface area contributed by atoms with E-state index in [4.69, 9.17) is 16.3 Å². The number of aromatic amines is 1. The van der Waals surface area contributed by atoms with E-state index in [0.717, 1.165) is 22.0 Å². The Morgan fingerprint density at radius 3 is 2.61 bits per heavy atom. The minimum Gasteiger partial charge on any atom is -0.382 e. The van der Waals surface area contributed by atoms with Crippen LogP contribution in [0.1, 0.15) is 30.0 Å². The Bertz CT molecular complexity index is 1110. The molecule has 0 bridgehead atoms. The van der Waals surface area contributed by atoms with E-state index in [0.29, 0.717) is 42.5 Å². The van der Waals surface area contributed by atoms with Gasteiger partial charge in [-0.1, -0.05) is 23.2 Å². The predicted molar refractivity (Wildman–Crippen MR) is 126 cm³/mol. The summed E-state index contributed by atoms with van der Waals surface area (Å²) >= 11 is 5.93. The summed E-state index contributed by atoms with van der Waals surface area (Å²) in [5.74, 6) is 0. The van der Waals surface area contributed by atoms with E-state index >= 15 is 0 Å². The van der Waals surface area contributed by atoms with Gasteiger partial charge in [0.15, 0.2) is 0 Å². The van der Waals surface area contributed by atoms with E-state index in [-0.39, 0.29) is 18.1 Å².